The molecule has 0 unspecified atom stereocenters. The van der Waals surface area contributed by atoms with Gasteiger partial charge in [0.15, 0.2) is 0 Å². The molecule has 0 aliphatic heterocycles. The molecule has 40 heavy (non-hydrogen) atoms. The van der Waals surface area contributed by atoms with Gasteiger partial charge < -0.3 is 20.5 Å². The lowest BCUT2D eigenvalue weighted by molar-refractivity contribution is 0.0531. The number of anilines is 2. The highest BCUT2D eigenvalue weighted by atomic mass is 32.1. The Morgan fingerprint density at radius 1 is 1.05 bits per heavy atom. The summed E-state index contributed by atoms with van der Waals surface area (Å²) in [5.74, 6) is -0.307. The molecule has 0 radical (unpaired) electrons. The van der Waals surface area contributed by atoms with Crippen molar-refractivity contribution in [1.29, 1.82) is 5.26 Å². The van der Waals surface area contributed by atoms with Gasteiger partial charge >= 0.3 is 5.97 Å². The van der Waals surface area contributed by atoms with E-state index in [-0.39, 0.29) is 32.6 Å². The summed E-state index contributed by atoms with van der Waals surface area (Å²) >= 11 is 2.18. The van der Waals surface area contributed by atoms with E-state index in [1.807, 2.05) is 60.7 Å². The van der Waals surface area contributed by atoms with Gasteiger partial charge in [0.25, 0.3) is 5.91 Å². The van der Waals surface area contributed by atoms with Crippen molar-refractivity contribution in [2.75, 3.05) is 24.8 Å². The Morgan fingerprint density at radius 3 is 2.42 bits per heavy atom. The van der Waals surface area contributed by atoms with E-state index in [0.717, 1.165) is 39.5 Å². The largest absolute Gasteiger partial charge is 0.497 e. The number of methoxy groups -OCH3 is 1. The molecule has 3 aromatic heterocycles. The first kappa shape index (κ1) is 26.9. The molecule has 3 N–H and O–H groups in total. The lowest BCUT2D eigenvalue weighted by atomic mass is 9.99. The lowest BCUT2D eigenvalue weighted by Crippen LogP contribution is -2.11. The molecule has 10 heteroatoms. The van der Waals surface area contributed by atoms with Crippen LogP contribution in [0.3, 0.4) is 0 Å². The van der Waals surface area contributed by atoms with Crippen molar-refractivity contribution >= 4 is 55.5 Å². The minimum atomic E-state index is -0.537. The number of benzene rings is 2. The molecule has 8 nitrogen and oxygen atoms in total. The normalized spacial score (nSPS) is 10.8. The van der Waals surface area contributed by atoms with Gasteiger partial charge in [0.1, 0.15) is 31.4 Å². The van der Waals surface area contributed by atoms with Crippen molar-refractivity contribution in [2.45, 2.75) is 13.8 Å². The Morgan fingerprint density at radius 2 is 1.77 bits per heavy atom. The van der Waals surface area contributed by atoms with Crippen LogP contribution >= 0.6 is 22.7 Å². The van der Waals surface area contributed by atoms with Crippen molar-refractivity contribution in [2.24, 2.45) is 0 Å². The summed E-state index contributed by atoms with van der Waals surface area (Å²) < 4.78 is 10.4. The highest BCUT2D eigenvalue weighted by Crippen LogP contribution is 2.42. The fraction of sp³-hybridized carbons (Fsp3) is 0.133. The minimum Gasteiger partial charge on any atom is -0.497 e. The van der Waals surface area contributed by atoms with Crippen molar-refractivity contribution in [3.8, 4) is 34.2 Å². The third-order valence-corrected chi connectivity index (χ3v) is 8.61. The van der Waals surface area contributed by atoms with E-state index < -0.39 is 11.9 Å². The molecule has 5 aromatic rings. The van der Waals surface area contributed by atoms with Crippen molar-refractivity contribution < 1.29 is 19.1 Å². The zero-order valence-electron chi connectivity index (χ0n) is 21.9. The first-order chi connectivity index (χ1) is 19.4. The number of pyridine rings is 1. The van der Waals surface area contributed by atoms with Crippen LogP contribution in [0.4, 0.5) is 10.7 Å². The number of nitrogens with two attached hydrogens (primary N) is 1. The number of nitrogen functional groups attached to an aromatic ring is 1. The summed E-state index contributed by atoms with van der Waals surface area (Å²) in [4.78, 5) is 31.9. The van der Waals surface area contributed by atoms with Crippen LogP contribution in [0.15, 0.2) is 60.7 Å². The van der Waals surface area contributed by atoms with E-state index in [1.165, 1.54) is 11.3 Å². The standard InChI is InChI=1S/C30H24N4O4S2/c1-4-38-30(36)25-16(2)21(15-31)28(39-25)34-27(35)26-24(32)23-20(17-10-12-19(37-3)13-11-17)14-22(33-29(23)40-26)18-8-6-5-7-9-18/h5-14H,4,32H2,1-3H3,(H,34,35). The van der Waals surface area contributed by atoms with Crippen LogP contribution in [0, 0.1) is 18.3 Å². The molecule has 0 saturated heterocycles. The summed E-state index contributed by atoms with van der Waals surface area (Å²) in [5.41, 5.74) is 11.0. The van der Waals surface area contributed by atoms with Gasteiger partial charge in [-0.05, 0) is 48.7 Å². The summed E-state index contributed by atoms with van der Waals surface area (Å²) in [6.45, 7) is 3.56. The number of hydrogen-bond acceptors (Lipinski definition) is 9. The highest BCUT2D eigenvalue weighted by Gasteiger charge is 2.26. The maximum atomic E-state index is 13.5. The van der Waals surface area contributed by atoms with Crippen LogP contribution in [0.1, 0.15) is 37.4 Å². The zero-order valence-corrected chi connectivity index (χ0v) is 23.5. The van der Waals surface area contributed by atoms with E-state index in [4.69, 9.17) is 20.2 Å². The average Bonchev–Trinajstić information content (AvgIpc) is 3.48. The molecule has 0 atom stereocenters. The quantitative estimate of drug-likeness (QED) is 0.205. The lowest BCUT2D eigenvalue weighted by Gasteiger charge is -2.10. The third kappa shape index (κ3) is 4.88. The number of nitrogens with zero attached hydrogens (tertiary/aromatic N) is 2. The first-order valence-electron chi connectivity index (χ1n) is 12.3. The maximum Gasteiger partial charge on any atom is 0.348 e. The molecule has 5 rings (SSSR count). The average molecular weight is 569 g/mol. The predicted molar refractivity (Wildman–Crippen MR) is 159 cm³/mol. The predicted octanol–water partition coefficient (Wildman–Crippen LogP) is 6.89. The Hall–Kier alpha value is -4.72. The number of ether oxygens (including phenoxy) is 2. The molecule has 0 aliphatic carbocycles. The Bertz CT molecular complexity index is 1790. The molecule has 0 spiro atoms. The number of rotatable bonds is 7. The number of fused-ring (bicyclic) bond motifs is 1. The van der Waals surface area contributed by atoms with Gasteiger partial charge in [0, 0.05) is 10.9 Å². The SMILES string of the molecule is CCOC(=O)c1sc(NC(=O)c2sc3nc(-c4ccccc4)cc(-c4ccc(OC)cc4)c3c2N)c(C#N)c1C. The number of thiophene rings is 2. The second kappa shape index (κ2) is 11.2. The molecule has 200 valence electrons. The van der Waals surface area contributed by atoms with Gasteiger partial charge in [-0.2, -0.15) is 5.26 Å². The number of aromatic nitrogens is 1. The molecule has 0 fully saturated rings. The van der Waals surface area contributed by atoms with Crippen molar-refractivity contribution in [3.05, 3.63) is 81.5 Å². The molecule has 0 aliphatic rings. The molecule has 1 amide bonds. The summed E-state index contributed by atoms with van der Waals surface area (Å²) in [5, 5.41) is 13.4. The second-order valence-corrected chi connectivity index (χ2v) is 10.7. The van der Waals surface area contributed by atoms with Gasteiger partial charge in [-0.1, -0.05) is 42.5 Å². The Labute approximate surface area is 238 Å². The number of amides is 1. The number of hydrogen-bond donors (Lipinski definition) is 2. The smallest absolute Gasteiger partial charge is 0.348 e. The fourth-order valence-corrected chi connectivity index (χ4v) is 6.39. The van der Waals surface area contributed by atoms with Gasteiger partial charge in [0.05, 0.1) is 30.7 Å². The van der Waals surface area contributed by atoms with Crippen molar-refractivity contribution in [1.82, 2.24) is 4.98 Å². The number of carbonyl (C=O) groups is 2. The van der Waals surface area contributed by atoms with Crippen LogP contribution in [0.5, 0.6) is 5.75 Å². The maximum absolute atomic E-state index is 13.5. The number of carbonyl (C=O) groups excluding carboxylic acids is 2. The Balaban J connectivity index is 1.62. The third-order valence-electron chi connectivity index (χ3n) is 6.32. The summed E-state index contributed by atoms with van der Waals surface area (Å²) in [6, 6.07) is 21.4. The number of nitriles is 1. The first-order valence-corrected chi connectivity index (χ1v) is 13.9. The number of esters is 1. The van der Waals surface area contributed by atoms with Gasteiger partial charge in [-0.15, -0.1) is 22.7 Å². The molecule has 2 aromatic carbocycles. The topological polar surface area (TPSA) is 127 Å². The van der Waals surface area contributed by atoms with E-state index >= 15 is 0 Å². The van der Waals surface area contributed by atoms with E-state index in [9.17, 15) is 14.9 Å². The molecule has 3 heterocycles. The van der Waals surface area contributed by atoms with Gasteiger partial charge in [-0.25, -0.2) is 9.78 Å². The van der Waals surface area contributed by atoms with E-state index in [1.54, 1.807) is 21.0 Å². The second-order valence-electron chi connectivity index (χ2n) is 8.72. The van der Waals surface area contributed by atoms with Gasteiger partial charge in [-0.3, -0.25) is 4.79 Å². The van der Waals surface area contributed by atoms with Crippen LogP contribution in [-0.2, 0) is 4.74 Å². The Kier molecular flexibility index (Phi) is 7.51. The zero-order chi connectivity index (χ0) is 28.4. The van der Waals surface area contributed by atoms with Crippen LogP contribution in [0.2, 0.25) is 0 Å². The summed E-state index contributed by atoms with van der Waals surface area (Å²) in [7, 11) is 1.61. The fourth-order valence-electron chi connectivity index (χ4n) is 4.33. The molecule has 0 bridgehead atoms. The number of nitrogens with one attached hydrogen (secondary N) is 1. The van der Waals surface area contributed by atoms with Crippen LogP contribution < -0.4 is 15.8 Å². The molecular weight excluding hydrogens is 544 g/mol. The van der Waals surface area contributed by atoms with Gasteiger partial charge in [0.2, 0.25) is 0 Å². The monoisotopic (exact) mass is 568 g/mol. The van der Waals surface area contributed by atoms with Crippen molar-refractivity contribution in [3.63, 3.8) is 0 Å². The van der Waals surface area contributed by atoms with Crippen LogP contribution in [-0.4, -0.2) is 30.6 Å². The highest BCUT2D eigenvalue weighted by molar-refractivity contribution is 7.22. The molecular formula is C30H24N4O4S2. The minimum absolute atomic E-state index is 0.201. The van der Waals surface area contributed by atoms with Crippen LogP contribution in [0.25, 0.3) is 32.6 Å². The van der Waals surface area contributed by atoms with E-state index in [2.05, 4.69) is 11.4 Å². The molecule has 0 saturated carbocycles. The van der Waals surface area contributed by atoms with E-state index in [0.29, 0.717) is 15.8 Å². The summed E-state index contributed by atoms with van der Waals surface area (Å²) in [6.07, 6.45) is 0.